The first kappa shape index (κ1) is 15.4. The normalized spacial score (nSPS) is 10.6. The van der Waals surface area contributed by atoms with Crippen molar-refractivity contribution >= 4 is 0 Å². The molecule has 0 unspecified atom stereocenters. The third-order valence-electron chi connectivity index (χ3n) is 3.21. The van der Waals surface area contributed by atoms with E-state index in [1.165, 1.54) is 5.56 Å². The third kappa shape index (κ3) is 4.83. The van der Waals surface area contributed by atoms with Crippen molar-refractivity contribution in [2.45, 2.75) is 33.2 Å². The van der Waals surface area contributed by atoms with E-state index in [0.29, 0.717) is 0 Å². The quantitative estimate of drug-likeness (QED) is 0.795. The zero-order valence-electron chi connectivity index (χ0n) is 13.0. The van der Waals surface area contributed by atoms with Crippen LogP contribution >= 0.6 is 0 Å². The van der Waals surface area contributed by atoms with Gasteiger partial charge in [-0.1, -0.05) is 19.1 Å². The van der Waals surface area contributed by atoms with Gasteiger partial charge in [0.05, 0.1) is 12.8 Å². The van der Waals surface area contributed by atoms with Gasteiger partial charge in [0.2, 0.25) is 0 Å². The van der Waals surface area contributed by atoms with E-state index in [-0.39, 0.29) is 0 Å². The molecule has 1 heterocycles. The molecule has 21 heavy (non-hydrogen) atoms. The second-order valence-corrected chi connectivity index (χ2v) is 5.12. The van der Waals surface area contributed by atoms with Crippen molar-refractivity contribution < 1.29 is 4.74 Å². The molecule has 0 saturated heterocycles. The van der Waals surface area contributed by atoms with Gasteiger partial charge in [-0.05, 0) is 43.7 Å². The molecule has 0 aliphatic rings. The number of aryl methyl sites for hydroxylation is 1. The number of rotatable bonds is 7. The molecule has 0 bridgehead atoms. The van der Waals surface area contributed by atoms with E-state index in [2.05, 4.69) is 34.3 Å². The molecule has 0 spiro atoms. The highest BCUT2D eigenvalue weighted by Crippen LogP contribution is 2.14. The van der Waals surface area contributed by atoms with Crippen LogP contribution in [0.1, 0.15) is 36.1 Å². The molecule has 0 aliphatic carbocycles. The van der Waals surface area contributed by atoms with Gasteiger partial charge in [0.1, 0.15) is 11.6 Å². The van der Waals surface area contributed by atoms with Gasteiger partial charge >= 0.3 is 0 Å². The maximum Gasteiger partial charge on any atom is 0.133 e. The van der Waals surface area contributed by atoms with Crippen molar-refractivity contribution in [3.63, 3.8) is 0 Å². The van der Waals surface area contributed by atoms with Crippen molar-refractivity contribution in [2.24, 2.45) is 0 Å². The van der Waals surface area contributed by atoms with Crippen LogP contribution < -0.4 is 10.1 Å². The van der Waals surface area contributed by atoms with Crippen LogP contribution in [0.2, 0.25) is 0 Å². The predicted octanol–water partition coefficient (Wildman–Crippen LogP) is 2.88. The minimum Gasteiger partial charge on any atom is -0.497 e. The van der Waals surface area contributed by atoms with Gasteiger partial charge in [-0.3, -0.25) is 0 Å². The van der Waals surface area contributed by atoms with Crippen molar-refractivity contribution in [3.05, 3.63) is 53.1 Å². The number of methoxy groups -OCH3 is 1. The van der Waals surface area contributed by atoms with Crippen LogP contribution in [0.15, 0.2) is 30.3 Å². The summed E-state index contributed by atoms with van der Waals surface area (Å²) in [4.78, 5) is 9.17. The van der Waals surface area contributed by atoms with E-state index in [0.717, 1.165) is 48.9 Å². The molecule has 112 valence electrons. The van der Waals surface area contributed by atoms with Crippen LogP contribution in [-0.2, 0) is 13.0 Å². The highest BCUT2D eigenvalue weighted by molar-refractivity contribution is 5.29. The Labute approximate surface area is 126 Å². The topological polar surface area (TPSA) is 47.0 Å². The molecule has 0 atom stereocenters. The summed E-state index contributed by atoms with van der Waals surface area (Å²) in [6.45, 7) is 5.99. The highest BCUT2D eigenvalue weighted by Gasteiger charge is 2.04. The molecule has 0 amide bonds. The summed E-state index contributed by atoms with van der Waals surface area (Å²) in [5.74, 6) is 1.74. The number of benzene rings is 1. The number of aromatic nitrogens is 2. The average molecular weight is 285 g/mol. The van der Waals surface area contributed by atoms with Gasteiger partial charge in [-0.2, -0.15) is 0 Å². The largest absolute Gasteiger partial charge is 0.497 e. The number of nitrogens with one attached hydrogen (secondary N) is 1. The Hall–Kier alpha value is -1.94. The zero-order chi connectivity index (χ0) is 15.1. The lowest BCUT2D eigenvalue weighted by Gasteiger charge is -2.07. The fourth-order valence-electron chi connectivity index (χ4n) is 2.19. The zero-order valence-corrected chi connectivity index (χ0v) is 13.0. The van der Waals surface area contributed by atoms with Crippen LogP contribution in [-0.4, -0.2) is 23.6 Å². The average Bonchev–Trinajstić information content (AvgIpc) is 2.48. The van der Waals surface area contributed by atoms with Gasteiger partial charge in [0, 0.05) is 18.7 Å². The molecular formula is C17H23N3O. The summed E-state index contributed by atoms with van der Waals surface area (Å²) in [7, 11) is 1.67. The Balaban J connectivity index is 2.07. The van der Waals surface area contributed by atoms with Crippen LogP contribution in [0.5, 0.6) is 5.75 Å². The molecule has 1 aromatic heterocycles. The van der Waals surface area contributed by atoms with E-state index >= 15 is 0 Å². The monoisotopic (exact) mass is 285 g/mol. The SMILES string of the molecule is CCCNCc1cc(C)nc(Cc2ccc(OC)cc2)n1. The molecule has 2 aromatic rings. The molecule has 0 saturated carbocycles. The third-order valence-corrected chi connectivity index (χ3v) is 3.21. The Bertz CT molecular complexity index is 567. The second kappa shape index (κ2) is 7.74. The van der Waals surface area contributed by atoms with Gasteiger partial charge in [-0.15, -0.1) is 0 Å². The fourth-order valence-corrected chi connectivity index (χ4v) is 2.19. The number of hydrogen-bond donors (Lipinski definition) is 1. The van der Waals surface area contributed by atoms with Crippen molar-refractivity contribution in [1.29, 1.82) is 0 Å². The van der Waals surface area contributed by atoms with Gasteiger partial charge < -0.3 is 10.1 Å². The predicted molar refractivity (Wildman–Crippen MR) is 84.6 cm³/mol. The maximum atomic E-state index is 5.17. The molecule has 4 heteroatoms. The summed E-state index contributed by atoms with van der Waals surface area (Å²) in [5, 5.41) is 3.38. The summed E-state index contributed by atoms with van der Waals surface area (Å²) in [6, 6.07) is 10.1. The Morgan fingerprint density at radius 1 is 1.14 bits per heavy atom. The first-order valence-electron chi connectivity index (χ1n) is 7.38. The lowest BCUT2D eigenvalue weighted by atomic mass is 10.1. The highest BCUT2D eigenvalue weighted by atomic mass is 16.5. The van der Waals surface area contributed by atoms with E-state index < -0.39 is 0 Å². The van der Waals surface area contributed by atoms with Crippen molar-refractivity contribution in [3.8, 4) is 5.75 Å². The van der Waals surface area contributed by atoms with E-state index in [1.807, 2.05) is 25.1 Å². The molecule has 1 N–H and O–H groups in total. The van der Waals surface area contributed by atoms with Gasteiger partial charge in [0.15, 0.2) is 0 Å². The Kier molecular flexibility index (Phi) is 5.69. The van der Waals surface area contributed by atoms with Crippen molar-refractivity contribution in [2.75, 3.05) is 13.7 Å². The Morgan fingerprint density at radius 2 is 1.90 bits per heavy atom. The molecule has 0 fully saturated rings. The van der Waals surface area contributed by atoms with Gasteiger partial charge in [-0.25, -0.2) is 9.97 Å². The molecular weight excluding hydrogens is 262 g/mol. The van der Waals surface area contributed by atoms with Crippen LogP contribution in [0.4, 0.5) is 0 Å². The summed E-state index contributed by atoms with van der Waals surface area (Å²) >= 11 is 0. The van der Waals surface area contributed by atoms with Crippen LogP contribution in [0, 0.1) is 6.92 Å². The number of nitrogens with zero attached hydrogens (tertiary/aromatic N) is 2. The number of hydrogen-bond acceptors (Lipinski definition) is 4. The minimum atomic E-state index is 0.743. The lowest BCUT2D eigenvalue weighted by molar-refractivity contribution is 0.414. The van der Waals surface area contributed by atoms with Crippen LogP contribution in [0.3, 0.4) is 0 Å². The van der Waals surface area contributed by atoms with E-state index in [9.17, 15) is 0 Å². The summed E-state index contributed by atoms with van der Waals surface area (Å²) in [6.07, 6.45) is 1.87. The first-order chi connectivity index (χ1) is 10.2. The molecule has 1 aromatic carbocycles. The maximum absolute atomic E-state index is 5.17. The fraction of sp³-hybridized carbons (Fsp3) is 0.412. The minimum absolute atomic E-state index is 0.743. The second-order valence-electron chi connectivity index (χ2n) is 5.12. The van der Waals surface area contributed by atoms with E-state index in [1.54, 1.807) is 7.11 Å². The smallest absolute Gasteiger partial charge is 0.133 e. The Morgan fingerprint density at radius 3 is 2.57 bits per heavy atom. The van der Waals surface area contributed by atoms with Crippen LogP contribution in [0.25, 0.3) is 0 Å². The summed E-state index contributed by atoms with van der Waals surface area (Å²) < 4.78 is 5.17. The van der Waals surface area contributed by atoms with E-state index in [4.69, 9.17) is 4.74 Å². The molecule has 0 radical (unpaired) electrons. The first-order valence-corrected chi connectivity index (χ1v) is 7.38. The van der Waals surface area contributed by atoms with Gasteiger partial charge in [0.25, 0.3) is 0 Å². The summed E-state index contributed by atoms with van der Waals surface area (Å²) in [5.41, 5.74) is 3.26. The molecule has 0 aliphatic heterocycles. The molecule has 2 rings (SSSR count). The number of ether oxygens (including phenoxy) is 1. The lowest BCUT2D eigenvalue weighted by Crippen LogP contribution is -2.16. The standard InChI is InChI=1S/C17H23N3O/c1-4-9-18-12-15-10-13(2)19-17(20-15)11-14-5-7-16(21-3)8-6-14/h5-8,10,18H,4,9,11-12H2,1-3H3. The molecule has 4 nitrogen and oxygen atoms in total. The van der Waals surface area contributed by atoms with Crippen molar-refractivity contribution in [1.82, 2.24) is 15.3 Å².